The molecular weight excluding hydrogens is 536 g/mol. The Bertz CT molecular complexity index is 1220. The van der Waals surface area contributed by atoms with Crippen LogP contribution in [0.4, 0.5) is 0 Å². The highest BCUT2D eigenvalue weighted by Gasteiger charge is 2.28. The first kappa shape index (κ1) is 29.1. The summed E-state index contributed by atoms with van der Waals surface area (Å²) in [4.78, 5) is 10.9. The molecule has 2 aromatic carbocycles. The topological polar surface area (TPSA) is 72.8 Å². The number of likely N-dealkylation sites (N-methyl/N-ethyl adjacent to an activating group) is 1. The Morgan fingerprint density at radius 1 is 1.18 bits per heavy atom. The molecule has 3 aromatic rings. The molecule has 1 aliphatic rings. The minimum atomic E-state index is -0.800. The molecule has 1 heterocycles. The van der Waals surface area contributed by atoms with E-state index in [0.717, 1.165) is 40.2 Å². The van der Waals surface area contributed by atoms with Gasteiger partial charge in [0.1, 0.15) is 4.34 Å². The lowest BCUT2D eigenvalue weighted by Crippen LogP contribution is -2.46. The number of fused-ring (bicyclic) bond motifs is 1. The molecule has 0 spiro atoms. The summed E-state index contributed by atoms with van der Waals surface area (Å²) in [6.45, 7) is 5.52. The second-order valence-electron chi connectivity index (χ2n) is 10.9. The van der Waals surface area contributed by atoms with Crippen LogP contribution in [0.5, 0.6) is 0 Å². The first-order chi connectivity index (χ1) is 18.1. The van der Waals surface area contributed by atoms with Crippen molar-refractivity contribution < 1.29 is 15.0 Å². The number of benzene rings is 2. The lowest BCUT2D eigenvalue weighted by Gasteiger charge is -2.31. The highest BCUT2D eigenvalue weighted by Crippen LogP contribution is 2.41. The molecule has 0 saturated heterocycles. The van der Waals surface area contributed by atoms with Crippen molar-refractivity contribution in [2.24, 2.45) is 5.92 Å². The summed E-state index contributed by atoms with van der Waals surface area (Å²) in [6, 6.07) is 18.7. The van der Waals surface area contributed by atoms with E-state index in [9.17, 15) is 9.90 Å². The molecule has 1 aliphatic carbocycles. The van der Waals surface area contributed by atoms with Crippen LogP contribution in [0.1, 0.15) is 43.4 Å². The number of aliphatic hydroxyl groups excluding tert-OH is 1. The number of carboxylic acid groups (broad SMARTS) is 1. The van der Waals surface area contributed by atoms with E-state index in [1.54, 1.807) is 11.9 Å². The highest BCUT2D eigenvalue weighted by molar-refractivity contribution is 7.99. The summed E-state index contributed by atoms with van der Waals surface area (Å²) in [5.74, 6) is -0.160. The minimum absolute atomic E-state index is 0.0470. The second-order valence-corrected chi connectivity index (χ2v) is 14.1. The molecule has 8 heteroatoms. The molecule has 0 amide bonds. The van der Waals surface area contributed by atoms with Gasteiger partial charge in [0.15, 0.2) is 0 Å². The number of β-amino-alcohol motifs (C(OH)–C–C–N with tert-alkyl or cyclic N) is 1. The van der Waals surface area contributed by atoms with Crippen LogP contribution in [0.3, 0.4) is 0 Å². The van der Waals surface area contributed by atoms with Crippen molar-refractivity contribution in [2.75, 3.05) is 20.1 Å². The molecule has 1 aromatic heterocycles. The Hall–Kier alpha value is -1.87. The molecular formula is C30H37ClN2O3S2. The monoisotopic (exact) mass is 572 g/mol. The SMILES string of the molecule is CN(C[C@H](O)CNC(C)(C)CC1Cc2ccccc2C1)Sc1cc(-c2cccc(CCC(=O)O)c2)c(Cl)s1. The van der Waals surface area contributed by atoms with E-state index in [0.29, 0.717) is 29.8 Å². The molecule has 4 rings (SSSR count). The van der Waals surface area contributed by atoms with E-state index < -0.39 is 12.1 Å². The van der Waals surface area contributed by atoms with Crippen molar-refractivity contribution >= 4 is 40.9 Å². The van der Waals surface area contributed by atoms with Crippen LogP contribution in [0.25, 0.3) is 11.1 Å². The minimum Gasteiger partial charge on any atom is -0.481 e. The number of nitrogens with one attached hydrogen (secondary N) is 1. The molecule has 204 valence electrons. The van der Waals surface area contributed by atoms with E-state index in [2.05, 4.69) is 49.5 Å². The number of aryl methyl sites for hydroxylation is 1. The van der Waals surface area contributed by atoms with Gasteiger partial charge in [-0.25, -0.2) is 4.31 Å². The summed E-state index contributed by atoms with van der Waals surface area (Å²) in [5.41, 5.74) is 5.83. The zero-order valence-electron chi connectivity index (χ0n) is 22.2. The maximum atomic E-state index is 10.9. The van der Waals surface area contributed by atoms with Gasteiger partial charge in [0.05, 0.1) is 10.3 Å². The van der Waals surface area contributed by atoms with Crippen molar-refractivity contribution in [3.05, 3.63) is 75.6 Å². The Morgan fingerprint density at radius 2 is 1.89 bits per heavy atom. The highest BCUT2D eigenvalue weighted by atomic mass is 35.5. The van der Waals surface area contributed by atoms with Gasteiger partial charge in [-0.1, -0.05) is 60.1 Å². The van der Waals surface area contributed by atoms with Gasteiger partial charge in [-0.15, -0.1) is 11.3 Å². The number of aliphatic carboxylic acids is 1. The average molecular weight is 573 g/mol. The van der Waals surface area contributed by atoms with Gasteiger partial charge < -0.3 is 15.5 Å². The molecule has 0 fully saturated rings. The summed E-state index contributed by atoms with van der Waals surface area (Å²) in [7, 11) is 1.98. The number of aliphatic hydroxyl groups is 1. The number of rotatable bonds is 13. The van der Waals surface area contributed by atoms with Gasteiger partial charge in [0, 0.05) is 30.6 Å². The Kier molecular flexibility index (Phi) is 9.95. The van der Waals surface area contributed by atoms with Crippen LogP contribution in [-0.2, 0) is 24.1 Å². The van der Waals surface area contributed by atoms with Gasteiger partial charge >= 0.3 is 5.97 Å². The first-order valence-electron chi connectivity index (χ1n) is 13.1. The summed E-state index contributed by atoms with van der Waals surface area (Å²) in [6.07, 6.45) is 3.46. The quantitative estimate of drug-likeness (QED) is 0.201. The van der Waals surface area contributed by atoms with E-state index in [-0.39, 0.29) is 12.0 Å². The number of hydrogen-bond acceptors (Lipinski definition) is 6. The van der Waals surface area contributed by atoms with Crippen molar-refractivity contribution in [2.45, 2.75) is 61.8 Å². The fraction of sp³-hybridized carbons (Fsp3) is 0.433. The lowest BCUT2D eigenvalue weighted by atomic mass is 9.88. The number of halogens is 1. The van der Waals surface area contributed by atoms with Crippen molar-refractivity contribution in [3.63, 3.8) is 0 Å². The Labute approximate surface area is 239 Å². The third-order valence-electron chi connectivity index (χ3n) is 6.99. The third kappa shape index (κ3) is 8.31. The molecule has 0 bridgehead atoms. The zero-order valence-corrected chi connectivity index (χ0v) is 24.6. The van der Waals surface area contributed by atoms with Gasteiger partial charge in [-0.2, -0.15) is 0 Å². The molecule has 0 saturated carbocycles. The van der Waals surface area contributed by atoms with Crippen LogP contribution in [0.15, 0.2) is 58.8 Å². The fourth-order valence-corrected chi connectivity index (χ4v) is 7.96. The average Bonchev–Trinajstić information content (AvgIpc) is 3.43. The standard InChI is InChI=1S/C30H37ClN2O3S2/c1-30(2,17-21-14-22-8-4-5-9-23(22)15-21)32-18-25(34)19-33(3)38-28-16-26(29(31)37-28)24-10-6-7-20(13-24)11-12-27(35)36/h4-10,13,16,21,25,32,34H,11-12,14-15,17-19H2,1-3H3,(H,35,36)/t25-/m1/s1. The number of carboxylic acids is 1. The fourth-order valence-electron chi connectivity index (χ4n) is 5.27. The number of carbonyl (C=O) groups is 1. The second kappa shape index (κ2) is 13.0. The zero-order chi connectivity index (χ0) is 27.3. The smallest absolute Gasteiger partial charge is 0.303 e. The third-order valence-corrected chi connectivity index (χ3v) is 9.38. The van der Waals surface area contributed by atoms with E-state index in [1.165, 1.54) is 22.5 Å². The maximum Gasteiger partial charge on any atom is 0.303 e. The Morgan fingerprint density at radius 3 is 2.58 bits per heavy atom. The normalized spacial score (nSPS) is 14.7. The lowest BCUT2D eigenvalue weighted by molar-refractivity contribution is -0.136. The molecule has 0 radical (unpaired) electrons. The number of thiophene rings is 1. The first-order valence-corrected chi connectivity index (χ1v) is 15.0. The van der Waals surface area contributed by atoms with Crippen LogP contribution >= 0.6 is 34.9 Å². The maximum absolute atomic E-state index is 10.9. The molecule has 0 unspecified atom stereocenters. The summed E-state index contributed by atoms with van der Waals surface area (Å²) >= 11 is 9.67. The molecule has 0 aliphatic heterocycles. The summed E-state index contributed by atoms with van der Waals surface area (Å²) < 4.78 is 3.79. The predicted octanol–water partition coefficient (Wildman–Crippen LogP) is 6.56. The van der Waals surface area contributed by atoms with Crippen LogP contribution in [0, 0.1) is 5.92 Å². The molecule has 38 heavy (non-hydrogen) atoms. The van der Waals surface area contributed by atoms with Gasteiger partial charge in [0.2, 0.25) is 0 Å². The van der Waals surface area contributed by atoms with Crippen LogP contribution < -0.4 is 5.32 Å². The number of nitrogens with zero attached hydrogens (tertiary/aromatic N) is 1. The van der Waals surface area contributed by atoms with Gasteiger partial charge in [-0.3, -0.25) is 4.79 Å². The van der Waals surface area contributed by atoms with Crippen LogP contribution in [0.2, 0.25) is 4.34 Å². The van der Waals surface area contributed by atoms with Gasteiger partial charge in [-0.05, 0) is 92.8 Å². The van der Waals surface area contributed by atoms with E-state index in [4.69, 9.17) is 16.7 Å². The molecule has 1 atom stereocenters. The predicted molar refractivity (Wildman–Crippen MR) is 159 cm³/mol. The van der Waals surface area contributed by atoms with E-state index >= 15 is 0 Å². The number of hydrogen-bond donors (Lipinski definition) is 3. The van der Waals surface area contributed by atoms with Crippen molar-refractivity contribution in [3.8, 4) is 11.1 Å². The molecule has 5 nitrogen and oxygen atoms in total. The van der Waals surface area contributed by atoms with Crippen LogP contribution in [-0.4, -0.2) is 52.3 Å². The Balaban J connectivity index is 1.25. The van der Waals surface area contributed by atoms with E-state index in [1.807, 2.05) is 35.6 Å². The van der Waals surface area contributed by atoms with Crippen molar-refractivity contribution in [1.82, 2.24) is 9.62 Å². The van der Waals surface area contributed by atoms with Crippen molar-refractivity contribution in [1.29, 1.82) is 0 Å². The molecule has 3 N–H and O–H groups in total. The largest absolute Gasteiger partial charge is 0.481 e. The van der Waals surface area contributed by atoms with Gasteiger partial charge in [0.25, 0.3) is 0 Å². The summed E-state index contributed by atoms with van der Waals surface area (Å²) in [5, 5.41) is 23.3.